The topological polar surface area (TPSA) is 26.3 Å². The van der Waals surface area contributed by atoms with E-state index in [2.05, 4.69) is 11.7 Å². The molecule has 1 radical (unpaired) electrons. The van der Waals surface area contributed by atoms with Gasteiger partial charge in [-0.2, -0.15) is 0 Å². The van der Waals surface area contributed by atoms with Gasteiger partial charge in [0.25, 0.3) is 0 Å². The third-order valence-electron chi connectivity index (χ3n) is 2.59. The second-order valence-electron chi connectivity index (χ2n) is 3.85. The van der Waals surface area contributed by atoms with Gasteiger partial charge in [-0.3, -0.25) is 0 Å². The first-order valence-electron chi connectivity index (χ1n) is 5.74. The highest BCUT2D eigenvalue weighted by atomic mass is 16.5. The van der Waals surface area contributed by atoms with Crippen molar-refractivity contribution in [3.05, 3.63) is 42.3 Å². The summed E-state index contributed by atoms with van der Waals surface area (Å²) in [6.07, 6.45) is 5.69. The first-order chi connectivity index (χ1) is 7.77. The summed E-state index contributed by atoms with van der Waals surface area (Å²) in [5, 5.41) is 0. The van der Waals surface area contributed by atoms with E-state index >= 15 is 0 Å². The number of hydrogen-bond donors (Lipinski definition) is 0. The fourth-order valence-electron chi connectivity index (χ4n) is 1.61. The Kier molecular flexibility index (Phi) is 5.62. The number of esters is 1. The van der Waals surface area contributed by atoms with Crippen molar-refractivity contribution in [2.75, 3.05) is 7.11 Å². The molecule has 0 unspecified atom stereocenters. The van der Waals surface area contributed by atoms with E-state index in [1.807, 2.05) is 24.3 Å². The monoisotopic (exact) mass is 219 g/mol. The number of benzene rings is 1. The van der Waals surface area contributed by atoms with Gasteiger partial charge in [0.1, 0.15) is 0 Å². The highest BCUT2D eigenvalue weighted by Crippen LogP contribution is 2.10. The third kappa shape index (κ3) is 4.05. The van der Waals surface area contributed by atoms with Gasteiger partial charge in [-0.15, -0.1) is 0 Å². The molecule has 0 aliphatic heterocycles. The Labute approximate surface area is 97.6 Å². The number of aryl methyl sites for hydroxylation is 1. The van der Waals surface area contributed by atoms with Gasteiger partial charge in [-0.25, -0.2) is 4.79 Å². The number of hydrogen-bond acceptors (Lipinski definition) is 2. The van der Waals surface area contributed by atoms with E-state index in [1.54, 1.807) is 0 Å². The predicted octanol–water partition coefficient (Wildman–Crippen LogP) is 3.41. The summed E-state index contributed by atoms with van der Waals surface area (Å²) >= 11 is 0. The molecule has 1 rings (SSSR count). The van der Waals surface area contributed by atoms with Crippen LogP contribution in [0.3, 0.4) is 0 Å². The molecule has 0 heterocycles. The molecule has 0 saturated heterocycles. The normalized spacial score (nSPS) is 10.1. The van der Waals surface area contributed by atoms with E-state index < -0.39 is 0 Å². The summed E-state index contributed by atoms with van der Waals surface area (Å²) < 4.78 is 4.64. The Balaban J connectivity index is 2.42. The van der Waals surface area contributed by atoms with Crippen LogP contribution in [0.25, 0.3) is 0 Å². The molecule has 0 aromatic heterocycles. The highest BCUT2D eigenvalue weighted by Gasteiger charge is 2.03. The molecule has 1 aromatic rings. The van der Waals surface area contributed by atoms with Crippen LogP contribution in [0, 0.1) is 6.92 Å². The molecule has 2 nitrogen and oxygen atoms in total. The fourth-order valence-corrected chi connectivity index (χ4v) is 1.61. The zero-order valence-corrected chi connectivity index (χ0v) is 9.87. The van der Waals surface area contributed by atoms with E-state index in [-0.39, 0.29) is 5.97 Å². The molecule has 0 aliphatic rings. The van der Waals surface area contributed by atoms with Crippen molar-refractivity contribution in [2.45, 2.75) is 32.1 Å². The minimum Gasteiger partial charge on any atom is -0.465 e. The maximum atomic E-state index is 11.2. The zero-order chi connectivity index (χ0) is 11.8. The first kappa shape index (κ1) is 12.8. The second-order valence-corrected chi connectivity index (χ2v) is 3.85. The number of rotatable bonds is 6. The summed E-state index contributed by atoms with van der Waals surface area (Å²) in [5.41, 5.74) is 1.89. The van der Waals surface area contributed by atoms with Crippen LogP contribution < -0.4 is 0 Å². The van der Waals surface area contributed by atoms with Crippen LogP contribution in [-0.4, -0.2) is 13.1 Å². The van der Waals surface area contributed by atoms with Crippen LogP contribution in [0.1, 0.15) is 41.6 Å². The molecular weight excluding hydrogens is 200 g/mol. The van der Waals surface area contributed by atoms with Gasteiger partial charge in [0.05, 0.1) is 12.7 Å². The predicted molar refractivity (Wildman–Crippen MR) is 65.3 cm³/mol. The molecule has 87 valence electrons. The van der Waals surface area contributed by atoms with E-state index in [1.165, 1.54) is 31.9 Å². The van der Waals surface area contributed by atoms with Gasteiger partial charge in [0.15, 0.2) is 0 Å². The van der Waals surface area contributed by atoms with E-state index in [9.17, 15) is 4.79 Å². The van der Waals surface area contributed by atoms with E-state index in [0.717, 1.165) is 12.8 Å². The molecule has 16 heavy (non-hydrogen) atoms. The Morgan fingerprint density at radius 2 is 1.88 bits per heavy atom. The molecule has 0 spiro atoms. The molecule has 0 bridgehead atoms. The van der Waals surface area contributed by atoms with E-state index in [4.69, 9.17) is 0 Å². The average molecular weight is 219 g/mol. The summed E-state index contributed by atoms with van der Waals surface area (Å²) in [4.78, 5) is 11.2. The number of methoxy groups -OCH3 is 1. The largest absolute Gasteiger partial charge is 0.465 e. The minimum absolute atomic E-state index is 0.274. The Hall–Kier alpha value is -1.31. The van der Waals surface area contributed by atoms with Crippen molar-refractivity contribution < 1.29 is 9.53 Å². The summed E-state index contributed by atoms with van der Waals surface area (Å²) in [7, 11) is 1.40. The van der Waals surface area contributed by atoms with Gasteiger partial charge in [-0.05, 0) is 30.5 Å². The lowest BCUT2D eigenvalue weighted by atomic mass is 10.0. The molecular formula is C14H19O2. The molecule has 0 aliphatic carbocycles. The summed E-state index contributed by atoms with van der Waals surface area (Å²) in [5.74, 6) is -0.274. The van der Waals surface area contributed by atoms with E-state index in [0.29, 0.717) is 5.56 Å². The maximum Gasteiger partial charge on any atom is 0.337 e. The highest BCUT2D eigenvalue weighted by molar-refractivity contribution is 5.89. The second kappa shape index (κ2) is 7.04. The Morgan fingerprint density at radius 3 is 2.44 bits per heavy atom. The van der Waals surface area contributed by atoms with Crippen molar-refractivity contribution in [1.29, 1.82) is 0 Å². The lowest BCUT2D eigenvalue weighted by Crippen LogP contribution is -2.00. The number of ether oxygens (including phenoxy) is 1. The molecule has 0 atom stereocenters. The van der Waals surface area contributed by atoms with Crippen LogP contribution in [0.4, 0.5) is 0 Å². The van der Waals surface area contributed by atoms with Crippen LogP contribution in [-0.2, 0) is 11.2 Å². The minimum atomic E-state index is -0.274. The Morgan fingerprint density at radius 1 is 1.19 bits per heavy atom. The van der Waals surface area contributed by atoms with Crippen LogP contribution in [0.15, 0.2) is 24.3 Å². The van der Waals surface area contributed by atoms with Crippen molar-refractivity contribution in [3.8, 4) is 0 Å². The molecule has 0 saturated carbocycles. The van der Waals surface area contributed by atoms with Gasteiger partial charge >= 0.3 is 5.97 Å². The van der Waals surface area contributed by atoms with Gasteiger partial charge < -0.3 is 4.74 Å². The van der Waals surface area contributed by atoms with Crippen LogP contribution in [0.2, 0.25) is 0 Å². The molecule has 1 aromatic carbocycles. The van der Waals surface area contributed by atoms with Crippen molar-refractivity contribution in [1.82, 2.24) is 0 Å². The molecule has 0 N–H and O–H groups in total. The van der Waals surface area contributed by atoms with Gasteiger partial charge in [0, 0.05) is 0 Å². The quantitative estimate of drug-likeness (QED) is 0.541. The molecule has 2 heteroatoms. The Bertz CT molecular complexity index is 314. The smallest absolute Gasteiger partial charge is 0.337 e. The lowest BCUT2D eigenvalue weighted by molar-refractivity contribution is 0.0600. The van der Waals surface area contributed by atoms with Crippen molar-refractivity contribution >= 4 is 5.97 Å². The van der Waals surface area contributed by atoms with Crippen molar-refractivity contribution in [3.63, 3.8) is 0 Å². The van der Waals surface area contributed by atoms with Crippen molar-refractivity contribution in [2.24, 2.45) is 0 Å². The SMILES string of the molecule is [CH2]CCCCCc1ccc(C(=O)OC)cc1. The summed E-state index contributed by atoms with van der Waals surface area (Å²) in [6, 6.07) is 7.64. The number of carbonyl (C=O) groups is 1. The number of carbonyl (C=O) groups excluding carboxylic acids is 1. The standard InChI is InChI=1S/C14H19O2/c1-3-4-5-6-7-12-8-10-13(11-9-12)14(15)16-2/h8-11H,1,3-7H2,2H3. The third-order valence-corrected chi connectivity index (χ3v) is 2.59. The zero-order valence-electron chi connectivity index (χ0n) is 9.87. The van der Waals surface area contributed by atoms with Crippen LogP contribution >= 0.6 is 0 Å². The fraction of sp³-hybridized carbons (Fsp3) is 0.429. The first-order valence-corrected chi connectivity index (χ1v) is 5.74. The van der Waals surface area contributed by atoms with Gasteiger partial charge in [-0.1, -0.05) is 38.3 Å². The van der Waals surface area contributed by atoms with Gasteiger partial charge in [0.2, 0.25) is 0 Å². The maximum absolute atomic E-state index is 11.2. The summed E-state index contributed by atoms with van der Waals surface area (Å²) in [6.45, 7) is 3.82. The molecule has 0 amide bonds. The lowest BCUT2D eigenvalue weighted by Gasteiger charge is -2.03. The molecule has 0 fully saturated rings. The average Bonchev–Trinajstić information content (AvgIpc) is 2.34. The number of unbranched alkanes of at least 4 members (excludes halogenated alkanes) is 3. The van der Waals surface area contributed by atoms with Crippen LogP contribution in [0.5, 0.6) is 0 Å².